The van der Waals surface area contributed by atoms with Crippen molar-refractivity contribution in [2.45, 2.75) is 38.8 Å². The van der Waals surface area contributed by atoms with Gasteiger partial charge in [-0.1, -0.05) is 32.0 Å². The first-order valence-corrected chi connectivity index (χ1v) is 6.61. The molecule has 19 heavy (non-hydrogen) atoms. The number of benzene rings is 1. The lowest BCUT2D eigenvalue weighted by atomic mass is 9.99. The van der Waals surface area contributed by atoms with Crippen LogP contribution in [0.3, 0.4) is 0 Å². The molecule has 1 heterocycles. The fourth-order valence-electron chi connectivity index (χ4n) is 2.42. The predicted molar refractivity (Wildman–Crippen MR) is 70.8 cm³/mol. The molecule has 1 saturated heterocycles. The van der Waals surface area contributed by atoms with Crippen LogP contribution < -0.4 is 0 Å². The van der Waals surface area contributed by atoms with E-state index in [1.54, 1.807) is 19.2 Å². The Bertz CT molecular complexity index is 415. The molecule has 2 rings (SSSR count). The molecule has 0 aliphatic carbocycles. The SMILES string of the molecule is CC[C@@H]1OC(OC)[C@H](OC(=O)c2ccccc2)[C@H]1C. The molecule has 104 valence electrons. The Morgan fingerprint density at radius 2 is 2.00 bits per heavy atom. The van der Waals surface area contributed by atoms with Gasteiger partial charge in [0.25, 0.3) is 0 Å². The standard InChI is InChI=1S/C15H20O4/c1-4-12-10(2)13(15(17-3)18-12)19-14(16)11-8-6-5-7-9-11/h5-10,12-13,15H,4H2,1-3H3/t10-,12-,13+,15?/m0/s1. The largest absolute Gasteiger partial charge is 0.453 e. The van der Waals surface area contributed by atoms with E-state index >= 15 is 0 Å². The van der Waals surface area contributed by atoms with Gasteiger partial charge in [0.05, 0.1) is 11.7 Å². The number of hydrogen-bond acceptors (Lipinski definition) is 4. The number of ether oxygens (including phenoxy) is 3. The van der Waals surface area contributed by atoms with Crippen LogP contribution in [-0.4, -0.2) is 31.6 Å². The van der Waals surface area contributed by atoms with Gasteiger partial charge in [0, 0.05) is 13.0 Å². The summed E-state index contributed by atoms with van der Waals surface area (Å²) in [7, 11) is 1.57. The summed E-state index contributed by atoms with van der Waals surface area (Å²) >= 11 is 0. The third-order valence-electron chi connectivity index (χ3n) is 3.57. The van der Waals surface area contributed by atoms with Crippen LogP contribution in [0.15, 0.2) is 30.3 Å². The Balaban J connectivity index is 2.07. The number of esters is 1. The first-order chi connectivity index (χ1) is 9.17. The van der Waals surface area contributed by atoms with Crippen molar-refractivity contribution in [3.05, 3.63) is 35.9 Å². The van der Waals surface area contributed by atoms with Gasteiger partial charge in [-0.05, 0) is 18.6 Å². The summed E-state index contributed by atoms with van der Waals surface area (Å²) in [5.41, 5.74) is 0.546. The summed E-state index contributed by atoms with van der Waals surface area (Å²) in [6.07, 6.45) is 0.106. The molecule has 0 spiro atoms. The van der Waals surface area contributed by atoms with Crippen LogP contribution in [-0.2, 0) is 14.2 Å². The molecule has 1 aliphatic heterocycles. The lowest BCUT2D eigenvalue weighted by molar-refractivity contribution is -0.150. The Morgan fingerprint density at radius 1 is 1.32 bits per heavy atom. The quantitative estimate of drug-likeness (QED) is 0.784. The molecule has 0 amide bonds. The maximum absolute atomic E-state index is 12.1. The molecule has 1 fully saturated rings. The zero-order chi connectivity index (χ0) is 13.8. The van der Waals surface area contributed by atoms with E-state index in [0.717, 1.165) is 6.42 Å². The molecular weight excluding hydrogens is 244 g/mol. The summed E-state index contributed by atoms with van der Waals surface area (Å²) < 4.78 is 16.5. The van der Waals surface area contributed by atoms with Crippen LogP contribution in [0.25, 0.3) is 0 Å². The highest BCUT2D eigenvalue weighted by atomic mass is 16.7. The fraction of sp³-hybridized carbons (Fsp3) is 0.533. The second kappa shape index (κ2) is 6.17. The molecule has 4 heteroatoms. The van der Waals surface area contributed by atoms with Crippen LogP contribution in [0, 0.1) is 5.92 Å². The van der Waals surface area contributed by atoms with E-state index in [2.05, 4.69) is 6.92 Å². The summed E-state index contributed by atoms with van der Waals surface area (Å²) in [4.78, 5) is 12.1. The molecule has 4 nitrogen and oxygen atoms in total. The molecule has 0 radical (unpaired) electrons. The fourth-order valence-corrected chi connectivity index (χ4v) is 2.42. The number of carbonyl (C=O) groups is 1. The number of hydrogen-bond donors (Lipinski definition) is 0. The summed E-state index contributed by atoms with van der Waals surface area (Å²) in [6, 6.07) is 8.97. The third kappa shape index (κ3) is 2.96. The second-order valence-electron chi connectivity index (χ2n) is 4.78. The van der Waals surface area contributed by atoms with Crippen molar-refractivity contribution in [1.29, 1.82) is 0 Å². The van der Waals surface area contributed by atoms with E-state index in [9.17, 15) is 4.79 Å². The van der Waals surface area contributed by atoms with Gasteiger partial charge < -0.3 is 14.2 Å². The highest BCUT2D eigenvalue weighted by Gasteiger charge is 2.43. The van der Waals surface area contributed by atoms with E-state index in [0.29, 0.717) is 5.56 Å². The zero-order valence-corrected chi connectivity index (χ0v) is 11.5. The Kier molecular flexibility index (Phi) is 4.56. The monoisotopic (exact) mass is 264 g/mol. The van der Waals surface area contributed by atoms with Crippen LogP contribution in [0.2, 0.25) is 0 Å². The topological polar surface area (TPSA) is 44.8 Å². The maximum Gasteiger partial charge on any atom is 0.338 e. The van der Waals surface area contributed by atoms with Crippen molar-refractivity contribution in [1.82, 2.24) is 0 Å². The molecule has 1 aliphatic rings. The van der Waals surface area contributed by atoms with E-state index in [-0.39, 0.29) is 24.1 Å². The van der Waals surface area contributed by atoms with Crippen molar-refractivity contribution >= 4 is 5.97 Å². The van der Waals surface area contributed by atoms with E-state index in [1.165, 1.54) is 0 Å². The molecule has 0 saturated carbocycles. The van der Waals surface area contributed by atoms with Gasteiger partial charge in [-0.25, -0.2) is 4.79 Å². The highest BCUT2D eigenvalue weighted by Crippen LogP contribution is 2.31. The molecule has 0 bridgehead atoms. The van der Waals surface area contributed by atoms with Crippen molar-refractivity contribution in [2.24, 2.45) is 5.92 Å². The third-order valence-corrected chi connectivity index (χ3v) is 3.57. The number of methoxy groups -OCH3 is 1. The minimum Gasteiger partial charge on any atom is -0.453 e. The predicted octanol–water partition coefficient (Wildman–Crippen LogP) is 2.63. The molecule has 0 aromatic heterocycles. The van der Waals surface area contributed by atoms with Gasteiger partial charge in [0.15, 0.2) is 12.4 Å². The van der Waals surface area contributed by atoms with Crippen molar-refractivity contribution in [3.8, 4) is 0 Å². The first kappa shape index (κ1) is 14.0. The van der Waals surface area contributed by atoms with Gasteiger partial charge in [-0.3, -0.25) is 0 Å². The average molecular weight is 264 g/mol. The van der Waals surface area contributed by atoms with Gasteiger partial charge in [-0.2, -0.15) is 0 Å². The lowest BCUT2D eigenvalue weighted by Gasteiger charge is -2.20. The highest BCUT2D eigenvalue weighted by molar-refractivity contribution is 5.89. The molecular formula is C15H20O4. The van der Waals surface area contributed by atoms with Crippen molar-refractivity contribution < 1.29 is 19.0 Å². The Hall–Kier alpha value is -1.39. The molecule has 1 aromatic carbocycles. The number of carbonyl (C=O) groups excluding carboxylic acids is 1. The minimum atomic E-state index is -0.479. The van der Waals surface area contributed by atoms with E-state index in [4.69, 9.17) is 14.2 Å². The van der Waals surface area contributed by atoms with Crippen molar-refractivity contribution in [3.63, 3.8) is 0 Å². The summed E-state index contributed by atoms with van der Waals surface area (Å²) in [6.45, 7) is 4.07. The van der Waals surface area contributed by atoms with Gasteiger partial charge in [0.1, 0.15) is 0 Å². The minimum absolute atomic E-state index is 0.0681. The average Bonchev–Trinajstić information content (AvgIpc) is 2.76. The van der Waals surface area contributed by atoms with Gasteiger partial charge in [0.2, 0.25) is 0 Å². The Morgan fingerprint density at radius 3 is 2.58 bits per heavy atom. The van der Waals surface area contributed by atoms with Crippen molar-refractivity contribution in [2.75, 3.05) is 7.11 Å². The van der Waals surface area contributed by atoms with Gasteiger partial charge >= 0.3 is 5.97 Å². The van der Waals surface area contributed by atoms with Gasteiger partial charge in [-0.15, -0.1) is 0 Å². The summed E-state index contributed by atoms with van der Waals surface area (Å²) in [5.74, 6) is -0.206. The van der Waals surface area contributed by atoms with E-state index < -0.39 is 6.29 Å². The van der Waals surface area contributed by atoms with E-state index in [1.807, 2.05) is 25.1 Å². The second-order valence-corrected chi connectivity index (χ2v) is 4.78. The molecule has 4 atom stereocenters. The molecule has 0 N–H and O–H groups in total. The van der Waals surface area contributed by atoms with Crippen LogP contribution in [0.5, 0.6) is 0 Å². The molecule has 1 aromatic rings. The van der Waals surface area contributed by atoms with Crippen LogP contribution in [0.4, 0.5) is 0 Å². The first-order valence-electron chi connectivity index (χ1n) is 6.61. The summed E-state index contributed by atoms with van der Waals surface area (Å²) in [5, 5.41) is 0. The van der Waals surface area contributed by atoms with Crippen LogP contribution in [0.1, 0.15) is 30.6 Å². The molecule has 1 unspecified atom stereocenters. The van der Waals surface area contributed by atoms with Crippen LogP contribution >= 0.6 is 0 Å². The number of rotatable bonds is 4. The zero-order valence-electron chi connectivity index (χ0n) is 11.5. The smallest absolute Gasteiger partial charge is 0.338 e. The lowest BCUT2D eigenvalue weighted by Crippen LogP contribution is -2.32. The Labute approximate surface area is 113 Å². The maximum atomic E-state index is 12.1. The normalized spacial score (nSPS) is 30.3.